The number of rotatable bonds is 6. The van der Waals surface area contributed by atoms with Crippen molar-refractivity contribution >= 4 is 5.91 Å². The zero-order valence-electron chi connectivity index (χ0n) is 10.5. The van der Waals surface area contributed by atoms with Gasteiger partial charge in [-0.05, 0) is 26.3 Å². The summed E-state index contributed by atoms with van der Waals surface area (Å²) in [4.78, 5) is 16.0. The first-order valence-electron chi connectivity index (χ1n) is 6.31. The van der Waals surface area contributed by atoms with E-state index in [1.54, 1.807) is 0 Å². The molecule has 1 N–H and O–H groups in total. The Bertz CT molecular complexity index is 221. The molecular weight excluding hydrogens is 204 g/mol. The predicted molar refractivity (Wildman–Crippen MR) is 64.2 cm³/mol. The SMILES string of the molecule is CCN(CCO)CCC(=O)N1CCCC1C. The van der Waals surface area contributed by atoms with Crippen LogP contribution in [-0.4, -0.2) is 59.6 Å². The second-order valence-electron chi connectivity index (χ2n) is 4.49. The van der Waals surface area contributed by atoms with E-state index in [0.29, 0.717) is 19.0 Å². The Hall–Kier alpha value is -0.610. The standard InChI is InChI=1S/C12H24N2O2/c1-3-13(9-10-15)8-6-12(16)14-7-4-5-11(14)2/h11,15H,3-10H2,1-2H3. The number of carbonyl (C=O) groups is 1. The van der Waals surface area contributed by atoms with E-state index in [4.69, 9.17) is 5.11 Å². The Labute approximate surface area is 98.2 Å². The van der Waals surface area contributed by atoms with Crippen LogP contribution in [0, 0.1) is 0 Å². The largest absolute Gasteiger partial charge is 0.395 e. The Balaban J connectivity index is 2.28. The highest BCUT2D eigenvalue weighted by atomic mass is 16.3. The molecule has 0 saturated carbocycles. The summed E-state index contributed by atoms with van der Waals surface area (Å²) < 4.78 is 0. The number of amides is 1. The maximum atomic E-state index is 11.9. The van der Waals surface area contributed by atoms with Crippen molar-refractivity contribution in [3.8, 4) is 0 Å². The van der Waals surface area contributed by atoms with Crippen LogP contribution >= 0.6 is 0 Å². The summed E-state index contributed by atoms with van der Waals surface area (Å²) in [6.07, 6.45) is 2.86. The fourth-order valence-electron chi connectivity index (χ4n) is 2.27. The van der Waals surface area contributed by atoms with Gasteiger partial charge in [0.25, 0.3) is 0 Å². The Morgan fingerprint density at radius 3 is 2.75 bits per heavy atom. The van der Waals surface area contributed by atoms with Gasteiger partial charge in [0.1, 0.15) is 0 Å². The van der Waals surface area contributed by atoms with Gasteiger partial charge in [0.2, 0.25) is 5.91 Å². The third-order valence-electron chi connectivity index (χ3n) is 3.38. The first kappa shape index (κ1) is 13.5. The molecule has 1 saturated heterocycles. The quantitative estimate of drug-likeness (QED) is 0.728. The molecule has 1 amide bonds. The Kier molecular flexibility index (Phi) is 5.77. The van der Waals surface area contributed by atoms with E-state index in [2.05, 4.69) is 18.7 Å². The number of hydrogen-bond donors (Lipinski definition) is 1. The van der Waals surface area contributed by atoms with Crippen LogP contribution in [0.3, 0.4) is 0 Å². The molecule has 1 heterocycles. The molecular formula is C12H24N2O2. The van der Waals surface area contributed by atoms with E-state index in [9.17, 15) is 4.79 Å². The fourth-order valence-corrected chi connectivity index (χ4v) is 2.27. The number of likely N-dealkylation sites (N-methyl/N-ethyl adjacent to an activating group) is 1. The summed E-state index contributed by atoms with van der Waals surface area (Å²) in [6.45, 7) is 7.59. The molecule has 0 radical (unpaired) electrons. The minimum atomic E-state index is 0.169. The van der Waals surface area contributed by atoms with Crippen molar-refractivity contribution in [1.82, 2.24) is 9.80 Å². The first-order chi connectivity index (χ1) is 7.69. The van der Waals surface area contributed by atoms with Crippen LogP contribution < -0.4 is 0 Å². The molecule has 1 rings (SSSR count). The van der Waals surface area contributed by atoms with Gasteiger partial charge >= 0.3 is 0 Å². The first-order valence-corrected chi connectivity index (χ1v) is 6.31. The molecule has 1 aliphatic heterocycles. The third-order valence-corrected chi connectivity index (χ3v) is 3.38. The lowest BCUT2D eigenvalue weighted by atomic mass is 10.2. The topological polar surface area (TPSA) is 43.8 Å². The van der Waals surface area contributed by atoms with Crippen molar-refractivity contribution in [2.45, 2.75) is 39.2 Å². The molecule has 0 aromatic rings. The number of hydrogen-bond acceptors (Lipinski definition) is 3. The van der Waals surface area contributed by atoms with Crippen molar-refractivity contribution in [3.05, 3.63) is 0 Å². The van der Waals surface area contributed by atoms with Crippen LogP contribution in [0.15, 0.2) is 0 Å². The molecule has 0 bridgehead atoms. The molecule has 4 heteroatoms. The molecule has 1 unspecified atom stereocenters. The molecule has 0 aliphatic carbocycles. The van der Waals surface area contributed by atoms with Gasteiger partial charge in [-0.25, -0.2) is 0 Å². The van der Waals surface area contributed by atoms with E-state index in [1.165, 1.54) is 0 Å². The van der Waals surface area contributed by atoms with Crippen molar-refractivity contribution in [3.63, 3.8) is 0 Å². The minimum Gasteiger partial charge on any atom is -0.395 e. The van der Waals surface area contributed by atoms with Crippen LogP contribution in [0.2, 0.25) is 0 Å². The van der Waals surface area contributed by atoms with Gasteiger partial charge in [-0.1, -0.05) is 6.92 Å². The van der Waals surface area contributed by atoms with Gasteiger partial charge in [0, 0.05) is 32.1 Å². The zero-order valence-corrected chi connectivity index (χ0v) is 10.5. The normalized spacial score (nSPS) is 20.8. The second kappa shape index (κ2) is 6.86. The minimum absolute atomic E-state index is 0.169. The van der Waals surface area contributed by atoms with Gasteiger partial charge in [-0.15, -0.1) is 0 Å². The number of likely N-dealkylation sites (tertiary alicyclic amines) is 1. The van der Waals surface area contributed by atoms with E-state index >= 15 is 0 Å². The highest BCUT2D eigenvalue weighted by Crippen LogP contribution is 2.17. The molecule has 0 aromatic heterocycles. The summed E-state index contributed by atoms with van der Waals surface area (Å²) in [6, 6.07) is 0.417. The second-order valence-corrected chi connectivity index (χ2v) is 4.49. The Morgan fingerprint density at radius 2 is 2.25 bits per heavy atom. The number of aliphatic hydroxyl groups is 1. The predicted octanol–water partition coefficient (Wildman–Crippen LogP) is 0.702. The number of nitrogens with zero attached hydrogens (tertiary/aromatic N) is 2. The van der Waals surface area contributed by atoms with E-state index in [-0.39, 0.29) is 12.5 Å². The molecule has 1 atom stereocenters. The lowest BCUT2D eigenvalue weighted by Crippen LogP contribution is -2.37. The maximum Gasteiger partial charge on any atom is 0.224 e. The summed E-state index contributed by atoms with van der Waals surface area (Å²) in [5.41, 5.74) is 0. The summed E-state index contributed by atoms with van der Waals surface area (Å²) >= 11 is 0. The van der Waals surface area contributed by atoms with Crippen molar-refractivity contribution in [1.29, 1.82) is 0 Å². The highest BCUT2D eigenvalue weighted by molar-refractivity contribution is 5.76. The monoisotopic (exact) mass is 228 g/mol. The molecule has 4 nitrogen and oxygen atoms in total. The van der Waals surface area contributed by atoms with Gasteiger partial charge in [0.05, 0.1) is 6.61 Å². The lowest BCUT2D eigenvalue weighted by molar-refractivity contribution is -0.132. The van der Waals surface area contributed by atoms with Crippen LogP contribution in [-0.2, 0) is 4.79 Å². The summed E-state index contributed by atoms with van der Waals surface area (Å²) in [7, 11) is 0. The summed E-state index contributed by atoms with van der Waals surface area (Å²) in [5, 5.41) is 8.85. The van der Waals surface area contributed by atoms with Gasteiger partial charge < -0.3 is 14.9 Å². The Morgan fingerprint density at radius 1 is 1.50 bits per heavy atom. The van der Waals surface area contributed by atoms with E-state index < -0.39 is 0 Å². The lowest BCUT2D eigenvalue weighted by Gasteiger charge is -2.24. The molecule has 94 valence electrons. The smallest absolute Gasteiger partial charge is 0.224 e. The number of carbonyl (C=O) groups excluding carboxylic acids is 1. The van der Waals surface area contributed by atoms with Crippen molar-refractivity contribution in [2.24, 2.45) is 0 Å². The molecule has 0 aromatic carbocycles. The average molecular weight is 228 g/mol. The molecule has 16 heavy (non-hydrogen) atoms. The molecule has 0 spiro atoms. The van der Waals surface area contributed by atoms with Gasteiger partial charge in [-0.2, -0.15) is 0 Å². The molecule has 1 aliphatic rings. The van der Waals surface area contributed by atoms with Crippen LogP contribution in [0.25, 0.3) is 0 Å². The number of aliphatic hydroxyl groups excluding tert-OH is 1. The zero-order chi connectivity index (χ0) is 12.0. The molecule has 1 fully saturated rings. The fraction of sp³-hybridized carbons (Fsp3) is 0.917. The van der Waals surface area contributed by atoms with E-state index in [1.807, 2.05) is 4.90 Å². The van der Waals surface area contributed by atoms with Crippen molar-refractivity contribution in [2.75, 3.05) is 32.8 Å². The van der Waals surface area contributed by atoms with Crippen molar-refractivity contribution < 1.29 is 9.90 Å². The van der Waals surface area contributed by atoms with Crippen LogP contribution in [0.4, 0.5) is 0 Å². The average Bonchev–Trinajstić information content (AvgIpc) is 2.70. The van der Waals surface area contributed by atoms with Gasteiger partial charge in [-0.3, -0.25) is 4.79 Å². The van der Waals surface area contributed by atoms with Crippen LogP contribution in [0.5, 0.6) is 0 Å². The van der Waals surface area contributed by atoms with Gasteiger partial charge in [0.15, 0.2) is 0 Å². The van der Waals surface area contributed by atoms with Crippen LogP contribution in [0.1, 0.15) is 33.1 Å². The van der Waals surface area contributed by atoms with E-state index in [0.717, 1.165) is 32.5 Å². The maximum absolute atomic E-state index is 11.9. The summed E-state index contributed by atoms with van der Waals surface area (Å²) in [5.74, 6) is 0.265. The third kappa shape index (κ3) is 3.76. The highest BCUT2D eigenvalue weighted by Gasteiger charge is 2.24.